The monoisotopic (exact) mass is 499 g/mol. The Bertz CT molecular complexity index is 1220. The molecule has 184 valence electrons. The number of ether oxygens (including phenoxy) is 1. The molecule has 1 unspecified atom stereocenters. The largest absolute Gasteiger partial charge is 0.479 e. The quantitative estimate of drug-likeness (QED) is 0.249. The second kappa shape index (κ2) is 10.8. The van der Waals surface area contributed by atoms with Crippen molar-refractivity contribution < 1.29 is 24.5 Å². The highest BCUT2D eigenvalue weighted by Gasteiger charge is 2.49. The van der Waals surface area contributed by atoms with Gasteiger partial charge < -0.3 is 31.7 Å². The number of nitrogens with two attached hydrogens (primary N) is 2. The third kappa shape index (κ3) is 5.43. The standard InChI is InChI=1S/C22H25N7O5S/c23-13(9-35-8-4-7-12-5-2-1-3-6-12)20(31)28-14-16(30)21(34-17(14)22(32)33)29-11-27-15-18(24)25-10-26-19(15)29/h1-7,10-11,13-14,16-17,21,30H,8-9,23H2,(H,28,31)(H,32,33)(H2,24,25,26)/b7-4-/t13?,14-,16+,17-,21+/m0/s1. The summed E-state index contributed by atoms with van der Waals surface area (Å²) in [5.74, 6) is -0.861. The van der Waals surface area contributed by atoms with Crippen LogP contribution >= 0.6 is 11.8 Å². The van der Waals surface area contributed by atoms with E-state index in [1.54, 1.807) is 0 Å². The molecule has 1 saturated heterocycles. The number of aliphatic hydroxyl groups excluding tert-OH is 1. The highest BCUT2D eigenvalue weighted by Crippen LogP contribution is 2.32. The molecule has 3 heterocycles. The van der Waals surface area contributed by atoms with Crippen LogP contribution in [0.4, 0.5) is 5.82 Å². The Hall–Kier alpha value is -3.52. The molecule has 1 aliphatic rings. The number of carbonyl (C=O) groups is 2. The lowest BCUT2D eigenvalue weighted by Crippen LogP contribution is -2.54. The number of amides is 1. The zero-order valence-electron chi connectivity index (χ0n) is 18.5. The van der Waals surface area contributed by atoms with Crippen LogP contribution in [0.25, 0.3) is 17.2 Å². The number of imidazole rings is 1. The van der Waals surface area contributed by atoms with Crippen LogP contribution in [0.15, 0.2) is 49.1 Å². The Morgan fingerprint density at radius 3 is 2.77 bits per heavy atom. The van der Waals surface area contributed by atoms with Gasteiger partial charge in [-0.2, -0.15) is 11.8 Å². The summed E-state index contributed by atoms with van der Waals surface area (Å²) in [7, 11) is 0. The van der Waals surface area contributed by atoms with Crippen molar-refractivity contribution in [2.75, 3.05) is 17.2 Å². The van der Waals surface area contributed by atoms with E-state index in [0.29, 0.717) is 11.5 Å². The predicted octanol–water partition coefficient (Wildman–Crippen LogP) is 0.0101. The van der Waals surface area contributed by atoms with Crippen LogP contribution in [0.2, 0.25) is 0 Å². The number of anilines is 1. The molecule has 1 amide bonds. The number of nitrogens with one attached hydrogen (secondary N) is 1. The van der Waals surface area contributed by atoms with E-state index in [2.05, 4.69) is 20.3 Å². The molecule has 0 saturated carbocycles. The average molecular weight is 500 g/mol. The predicted molar refractivity (Wildman–Crippen MR) is 130 cm³/mol. The van der Waals surface area contributed by atoms with E-state index in [0.717, 1.165) is 5.56 Å². The van der Waals surface area contributed by atoms with Gasteiger partial charge in [0.1, 0.15) is 17.9 Å². The Labute approximate surface area is 204 Å². The first-order valence-corrected chi connectivity index (χ1v) is 11.9. The van der Waals surface area contributed by atoms with E-state index in [4.69, 9.17) is 16.2 Å². The zero-order chi connectivity index (χ0) is 24.9. The average Bonchev–Trinajstić information content (AvgIpc) is 3.41. The summed E-state index contributed by atoms with van der Waals surface area (Å²) >= 11 is 1.45. The van der Waals surface area contributed by atoms with E-state index in [9.17, 15) is 19.8 Å². The van der Waals surface area contributed by atoms with Crippen molar-refractivity contribution in [2.45, 2.75) is 30.5 Å². The van der Waals surface area contributed by atoms with Crippen molar-refractivity contribution >= 4 is 46.7 Å². The van der Waals surface area contributed by atoms with Gasteiger partial charge in [-0.25, -0.2) is 19.7 Å². The number of hydrogen-bond donors (Lipinski definition) is 5. The van der Waals surface area contributed by atoms with Gasteiger partial charge in [-0.15, -0.1) is 0 Å². The number of rotatable bonds is 9. The first-order valence-electron chi connectivity index (χ1n) is 10.7. The van der Waals surface area contributed by atoms with Gasteiger partial charge in [-0.3, -0.25) is 9.36 Å². The van der Waals surface area contributed by atoms with Gasteiger partial charge in [-0.05, 0) is 5.56 Å². The van der Waals surface area contributed by atoms with Gasteiger partial charge in [0, 0.05) is 11.5 Å². The number of carboxylic acids is 1. The third-order valence-electron chi connectivity index (χ3n) is 5.44. The summed E-state index contributed by atoms with van der Waals surface area (Å²) in [6.07, 6.45) is 2.38. The molecule has 12 nitrogen and oxygen atoms in total. The normalized spacial score (nSPS) is 23.0. The number of aliphatic carboxylic acids is 1. The highest BCUT2D eigenvalue weighted by molar-refractivity contribution is 7.99. The summed E-state index contributed by atoms with van der Waals surface area (Å²) < 4.78 is 6.93. The number of aromatic nitrogens is 4. The maximum atomic E-state index is 12.7. The Morgan fingerprint density at radius 1 is 1.26 bits per heavy atom. The van der Waals surface area contributed by atoms with Gasteiger partial charge in [0.2, 0.25) is 5.91 Å². The first kappa shape index (κ1) is 24.6. The molecule has 4 rings (SSSR count). The molecule has 3 aromatic rings. The van der Waals surface area contributed by atoms with E-state index < -0.39 is 42.4 Å². The summed E-state index contributed by atoms with van der Waals surface area (Å²) in [4.78, 5) is 36.5. The molecule has 13 heteroatoms. The number of aliphatic hydroxyl groups is 1. The Kier molecular flexibility index (Phi) is 7.60. The molecule has 0 aliphatic carbocycles. The van der Waals surface area contributed by atoms with Crippen LogP contribution in [-0.4, -0.2) is 77.4 Å². The number of nitrogens with zero attached hydrogens (tertiary/aromatic N) is 4. The van der Waals surface area contributed by atoms with Gasteiger partial charge >= 0.3 is 5.97 Å². The van der Waals surface area contributed by atoms with Crippen LogP contribution in [0.3, 0.4) is 0 Å². The summed E-state index contributed by atoms with van der Waals surface area (Å²) in [5, 5.41) is 23.0. The number of fused-ring (bicyclic) bond motifs is 1. The lowest BCUT2D eigenvalue weighted by molar-refractivity contribution is -0.152. The number of thioether (sulfide) groups is 1. The Morgan fingerprint density at radius 2 is 2.03 bits per heavy atom. The lowest BCUT2D eigenvalue weighted by Gasteiger charge is -2.22. The van der Waals surface area contributed by atoms with Crippen LogP contribution in [0, 0.1) is 0 Å². The van der Waals surface area contributed by atoms with Crippen LogP contribution < -0.4 is 16.8 Å². The SMILES string of the molecule is Nc1ncnc2c1ncn2[C@@H]1O[C@H](C(=O)O)[C@@H](NC(=O)C(N)CSC/C=C\c2ccccc2)[C@H]1O. The van der Waals surface area contributed by atoms with Crippen molar-refractivity contribution in [3.8, 4) is 0 Å². The number of nitrogen functional groups attached to an aromatic ring is 1. The van der Waals surface area contributed by atoms with Crippen molar-refractivity contribution in [3.05, 3.63) is 54.6 Å². The van der Waals surface area contributed by atoms with Gasteiger partial charge in [0.15, 0.2) is 23.8 Å². The van der Waals surface area contributed by atoms with Crippen LogP contribution in [0.5, 0.6) is 0 Å². The summed E-state index contributed by atoms with van der Waals surface area (Å²) in [6.45, 7) is 0. The molecule has 0 spiro atoms. The van der Waals surface area contributed by atoms with Crippen molar-refractivity contribution in [3.63, 3.8) is 0 Å². The third-order valence-corrected chi connectivity index (χ3v) is 6.47. The number of carbonyl (C=O) groups excluding carboxylic acids is 1. The fraction of sp³-hybridized carbons (Fsp3) is 0.318. The number of carboxylic acid groups (broad SMARTS) is 1. The fourth-order valence-corrected chi connectivity index (χ4v) is 4.46. The van der Waals surface area contributed by atoms with Gasteiger partial charge in [-0.1, -0.05) is 42.5 Å². The molecule has 35 heavy (non-hydrogen) atoms. The lowest BCUT2D eigenvalue weighted by atomic mass is 10.1. The molecule has 2 aromatic heterocycles. The van der Waals surface area contributed by atoms with Crippen molar-refractivity contribution in [2.24, 2.45) is 5.73 Å². The minimum Gasteiger partial charge on any atom is -0.479 e. The first-order chi connectivity index (χ1) is 16.9. The summed E-state index contributed by atoms with van der Waals surface area (Å²) in [5.41, 5.74) is 13.4. The molecule has 1 aromatic carbocycles. The van der Waals surface area contributed by atoms with E-state index in [-0.39, 0.29) is 17.0 Å². The van der Waals surface area contributed by atoms with Crippen molar-refractivity contribution in [1.82, 2.24) is 24.8 Å². The van der Waals surface area contributed by atoms with E-state index in [1.807, 2.05) is 42.5 Å². The zero-order valence-corrected chi connectivity index (χ0v) is 19.3. The minimum absolute atomic E-state index is 0.128. The smallest absolute Gasteiger partial charge is 0.335 e. The van der Waals surface area contributed by atoms with Crippen LogP contribution in [-0.2, 0) is 14.3 Å². The van der Waals surface area contributed by atoms with Crippen molar-refractivity contribution in [1.29, 1.82) is 0 Å². The molecule has 5 atom stereocenters. The maximum absolute atomic E-state index is 12.7. The van der Waals surface area contributed by atoms with Gasteiger partial charge in [0.05, 0.1) is 18.4 Å². The fourth-order valence-electron chi connectivity index (χ4n) is 3.69. The second-order valence-electron chi connectivity index (χ2n) is 7.85. The molecule has 0 bridgehead atoms. The molecule has 0 radical (unpaired) electrons. The number of hydrogen-bond acceptors (Lipinski definition) is 10. The van der Waals surface area contributed by atoms with E-state index >= 15 is 0 Å². The molecule has 1 aliphatic heterocycles. The molecule has 7 N–H and O–H groups in total. The molecular formula is C22H25N7O5S. The van der Waals surface area contributed by atoms with Gasteiger partial charge in [0.25, 0.3) is 0 Å². The maximum Gasteiger partial charge on any atom is 0.335 e. The minimum atomic E-state index is -1.51. The summed E-state index contributed by atoms with van der Waals surface area (Å²) in [6, 6.07) is 7.65. The van der Waals surface area contributed by atoms with E-state index in [1.165, 1.54) is 29.0 Å². The second-order valence-corrected chi connectivity index (χ2v) is 8.93. The topological polar surface area (TPSA) is 192 Å². The molecule has 1 fully saturated rings. The highest BCUT2D eigenvalue weighted by atomic mass is 32.2. The molecular weight excluding hydrogens is 474 g/mol. The Balaban J connectivity index is 1.37. The van der Waals surface area contributed by atoms with Crippen LogP contribution in [0.1, 0.15) is 11.8 Å². The number of benzene rings is 1.